The number of imidazole rings is 1. The Hall–Kier alpha value is -3.15. The summed E-state index contributed by atoms with van der Waals surface area (Å²) in [5.74, 6) is 1.38. The summed E-state index contributed by atoms with van der Waals surface area (Å²) >= 11 is 0. The van der Waals surface area contributed by atoms with Gasteiger partial charge in [0.1, 0.15) is 5.82 Å². The van der Waals surface area contributed by atoms with E-state index in [2.05, 4.69) is 34.4 Å². The number of H-pyrrole nitrogens is 1. The molecule has 2 aromatic carbocycles. The van der Waals surface area contributed by atoms with Gasteiger partial charge < -0.3 is 15.6 Å². The third kappa shape index (κ3) is 6.41. The highest BCUT2D eigenvalue weighted by Crippen LogP contribution is 2.17. The van der Waals surface area contributed by atoms with Crippen LogP contribution in [0.4, 0.5) is 5.69 Å². The van der Waals surface area contributed by atoms with Gasteiger partial charge in [-0.1, -0.05) is 39.8 Å². The Kier molecular flexibility index (Phi) is 7.45. The van der Waals surface area contributed by atoms with Crippen LogP contribution in [0.5, 0.6) is 0 Å². The number of nitrogens with zero attached hydrogens (tertiary/aromatic N) is 1. The molecule has 0 spiro atoms. The molecule has 0 unspecified atom stereocenters. The molecule has 0 aliphatic rings. The summed E-state index contributed by atoms with van der Waals surface area (Å²) < 4.78 is 0. The Morgan fingerprint density at radius 2 is 1.74 bits per heavy atom. The molecular weight excluding hydrogens is 388 g/mol. The van der Waals surface area contributed by atoms with E-state index < -0.39 is 0 Å². The van der Waals surface area contributed by atoms with Crippen LogP contribution in [0.15, 0.2) is 42.5 Å². The van der Waals surface area contributed by atoms with E-state index in [1.807, 2.05) is 56.3 Å². The zero-order valence-corrected chi connectivity index (χ0v) is 18.8. The van der Waals surface area contributed by atoms with Gasteiger partial charge in [-0.2, -0.15) is 0 Å². The number of rotatable bonds is 9. The molecule has 0 saturated carbocycles. The second kappa shape index (κ2) is 10.2. The lowest BCUT2D eigenvalue weighted by atomic mass is 10.1. The number of aromatic amines is 1. The standard InChI is InChI=1S/C25H32N4O2/c1-16(2)13-14-26-25(31)19-8-11-21-22(15-19)29-23(28-21)12-7-18-5-9-20(10-6-18)27-24(30)17(3)4/h5-6,8-11,15-17H,7,12-14H2,1-4H3,(H,26,31)(H,27,30)(H,28,29). The number of nitrogens with one attached hydrogen (secondary N) is 3. The molecule has 0 fully saturated rings. The maximum atomic E-state index is 12.3. The molecule has 0 atom stereocenters. The van der Waals surface area contributed by atoms with Crippen LogP contribution in [0.2, 0.25) is 0 Å². The number of anilines is 1. The summed E-state index contributed by atoms with van der Waals surface area (Å²) in [4.78, 5) is 32.1. The van der Waals surface area contributed by atoms with Crippen molar-refractivity contribution in [2.75, 3.05) is 11.9 Å². The molecule has 6 heteroatoms. The number of fused-ring (bicyclic) bond motifs is 1. The van der Waals surface area contributed by atoms with E-state index in [9.17, 15) is 9.59 Å². The SMILES string of the molecule is CC(C)CCNC(=O)c1ccc2nc(CCc3ccc(NC(=O)C(C)C)cc3)[nH]c2c1. The summed E-state index contributed by atoms with van der Waals surface area (Å²) in [6, 6.07) is 13.5. The van der Waals surface area contributed by atoms with E-state index in [4.69, 9.17) is 0 Å². The number of hydrogen-bond donors (Lipinski definition) is 3. The minimum Gasteiger partial charge on any atom is -0.352 e. The highest BCUT2D eigenvalue weighted by Gasteiger charge is 2.10. The molecule has 0 aliphatic heterocycles. The molecule has 31 heavy (non-hydrogen) atoms. The van der Waals surface area contributed by atoms with Crippen LogP contribution in [0.25, 0.3) is 11.0 Å². The van der Waals surface area contributed by atoms with Gasteiger partial charge in [-0.3, -0.25) is 9.59 Å². The molecule has 164 valence electrons. The normalized spacial score (nSPS) is 11.3. The van der Waals surface area contributed by atoms with Crippen molar-refractivity contribution in [3.05, 3.63) is 59.4 Å². The van der Waals surface area contributed by atoms with E-state index in [-0.39, 0.29) is 17.7 Å². The summed E-state index contributed by atoms with van der Waals surface area (Å²) in [5, 5.41) is 5.87. The second-order valence-electron chi connectivity index (χ2n) is 8.69. The minimum atomic E-state index is -0.0525. The highest BCUT2D eigenvalue weighted by molar-refractivity contribution is 5.97. The average Bonchev–Trinajstić information content (AvgIpc) is 3.15. The van der Waals surface area contributed by atoms with Crippen molar-refractivity contribution in [3.8, 4) is 0 Å². The number of aromatic nitrogens is 2. The molecule has 3 N–H and O–H groups in total. The zero-order chi connectivity index (χ0) is 22.4. The van der Waals surface area contributed by atoms with Gasteiger partial charge in [0.25, 0.3) is 5.91 Å². The van der Waals surface area contributed by atoms with Crippen LogP contribution in [-0.4, -0.2) is 28.3 Å². The van der Waals surface area contributed by atoms with Crippen molar-refractivity contribution in [1.29, 1.82) is 0 Å². The fourth-order valence-corrected chi connectivity index (χ4v) is 3.20. The van der Waals surface area contributed by atoms with Gasteiger partial charge in [0, 0.05) is 30.1 Å². The van der Waals surface area contributed by atoms with Crippen molar-refractivity contribution in [3.63, 3.8) is 0 Å². The number of benzene rings is 2. The lowest BCUT2D eigenvalue weighted by Crippen LogP contribution is -2.25. The Balaban J connectivity index is 1.58. The van der Waals surface area contributed by atoms with Gasteiger partial charge in [0.15, 0.2) is 0 Å². The fourth-order valence-electron chi connectivity index (χ4n) is 3.20. The van der Waals surface area contributed by atoms with Crippen LogP contribution in [0.3, 0.4) is 0 Å². The van der Waals surface area contributed by atoms with E-state index in [1.54, 1.807) is 0 Å². The number of amides is 2. The number of aryl methyl sites for hydroxylation is 2. The quantitative estimate of drug-likeness (QED) is 0.468. The second-order valence-corrected chi connectivity index (χ2v) is 8.69. The first kappa shape index (κ1) is 22.5. The van der Waals surface area contributed by atoms with Crippen LogP contribution in [-0.2, 0) is 17.6 Å². The van der Waals surface area contributed by atoms with Crippen molar-refractivity contribution >= 4 is 28.5 Å². The summed E-state index contributed by atoms with van der Waals surface area (Å²) in [6.07, 6.45) is 2.57. The van der Waals surface area contributed by atoms with Crippen LogP contribution in [0.1, 0.15) is 55.9 Å². The van der Waals surface area contributed by atoms with E-state index >= 15 is 0 Å². The van der Waals surface area contributed by atoms with Crippen molar-refractivity contribution in [1.82, 2.24) is 15.3 Å². The average molecular weight is 421 g/mol. The van der Waals surface area contributed by atoms with E-state index in [0.29, 0.717) is 18.0 Å². The van der Waals surface area contributed by atoms with Gasteiger partial charge in [-0.15, -0.1) is 0 Å². The van der Waals surface area contributed by atoms with Gasteiger partial charge in [-0.05, 0) is 54.7 Å². The van der Waals surface area contributed by atoms with Crippen molar-refractivity contribution < 1.29 is 9.59 Å². The molecule has 0 bridgehead atoms. The first-order chi connectivity index (χ1) is 14.8. The van der Waals surface area contributed by atoms with Crippen LogP contribution >= 0.6 is 0 Å². The Labute approximate surface area is 183 Å². The number of carbonyl (C=O) groups is 2. The molecule has 0 aliphatic carbocycles. The third-order valence-electron chi connectivity index (χ3n) is 5.20. The molecule has 2 amide bonds. The van der Waals surface area contributed by atoms with Crippen LogP contribution < -0.4 is 10.6 Å². The molecular formula is C25H32N4O2. The predicted molar refractivity (Wildman–Crippen MR) is 125 cm³/mol. The summed E-state index contributed by atoms with van der Waals surface area (Å²) in [7, 11) is 0. The molecule has 0 radical (unpaired) electrons. The van der Waals surface area contributed by atoms with Gasteiger partial charge in [-0.25, -0.2) is 4.98 Å². The lowest BCUT2D eigenvalue weighted by Gasteiger charge is -2.08. The van der Waals surface area contributed by atoms with Crippen molar-refractivity contribution in [2.24, 2.45) is 11.8 Å². The Morgan fingerprint density at radius 3 is 2.42 bits per heavy atom. The molecule has 3 rings (SSSR count). The molecule has 1 aromatic heterocycles. The fraction of sp³-hybridized carbons (Fsp3) is 0.400. The third-order valence-corrected chi connectivity index (χ3v) is 5.20. The van der Waals surface area contributed by atoms with Gasteiger partial charge in [0.2, 0.25) is 5.91 Å². The predicted octanol–water partition coefficient (Wildman–Crippen LogP) is 4.72. The van der Waals surface area contributed by atoms with E-state index in [0.717, 1.165) is 41.8 Å². The topological polar surface area (TPSA) is 86.9 Å². The minimum absolute atomic E-state index is 0.0167. The smallest absolute Gasteiger partial charge is 0.251 e. The van der Waals surface area contributed by atoms with E-state index in [1.165, 1.54) is 5.56 Å². The molecule has 0 saturated heterocycles. The number of hydrogen-bond acceptors (Lipinski definition) is 3. The van der Waals surface area contributed by atoms with Crippen molar-refractivity contribution in [2.45, 2.75) is 47.0 Å². The maximum Gasteiger partial charge on any atom is 0.251 e. The van der Waals surface area contributed by atoms with Gasteiger partial charge in [0.05, 0.1) is 11.0 Å². The lowest BCUT2D eigenvalue weighted by molar-refractivity contribution is -0.118. The van der Waals surface area contributed by atoms with Crippen LogP contribution in [0, 0.1) is 11.8 Å². The molecule has 3 aromatic rings. The number of carbonyl (C=O) groups excluding carboxylic acids is 2. The first-order valence-electron chi connectivity index (χ1n) is 11.0. The Morgan fingerprint density at radius 1 is 1.00 bits per heavy atom. The summed E-state index contributed by atoms with van der Waals surface area (Å²) in [6.45, 7) is 8.72. The summed E-state index contributed by atoms with van der Waals surface area (Å²) in [5.41, 5.74) is 4.36. The largest absolute Gasteiger partial charge is 0.352 e. The molecule has 1 heterocycles. The Bertz CT molecular complexity index is 1040. The monoisotopic (exact) mass is 420 g/mol. The molecule has 6 nitrogen and oxygen atoms in total. The van der Waals surface area contributed by atoms with Gasteiger partial charge >= 0.3 is 0 Å². The maximum absolute atomic E-state index is 12.3. The zero-order valence-electron chi connectivity index (χ0n) is 18.8. The first-order valence-corrected chi connectivity index (χ1v) is 11.0. The highest BCUT2D eigenvalue weighted by atomic mass is 16.2.